The number of piperidine rings is 1. The van der Waals surface area contributed by atoms with Gasteiger partial charge in [0.25, 0.3) is 0 Å². The van der Waals surface area contributed by atoms with Crippen LogP contribution in [0.4, 0.5) is 4.39 Å². The standard InChI is InChI=1S/C13H18FNO/c1-16-9-11-8-12(14)2-3-13(11)10-4-6-15-7-5-10/h2-3,8,10,15H,4-7,9H2,1H3. The van der Waals surface area contributed by atoms with Crippen LogP contribution in [0.1, 0.15) is 29.9 Å². The van der Waals surface area contributed by atoms with Gasteiger partial charge in [0.15, 0.2) is 0 Å². The van der Waals surface area contributed by atoms with E-state index in [1.807, 2.05) is 6.07 Å². The van der Waals surface area contributed by atoms with E-state index < -0.39 is 0 Å². The van der Waals surface area contributed by atoms with E-state index >= 15 is 0 Å². The molecule has 0 aromatic heterocycles. The van der Waals surface area contributed by atoms with Gasteiger partial charge in [0.1, 0.15) is 5.82 Å². The second kappa shape index (κ2) is 5.41. The summed E-state index contributed by atoms with van der Waals surface area (Å²) in [5.41, 5.74) is 2.25. The predicted molar refractivity (Wildman–Crippen MR) is 62.0 cm³/mol. The first-order valence-electron chi connectivity index (χ1n) is 5.79. The summed E-state index contributed by atoms with van der Waals surface area (Å²) in [7, 11) is 1.65. The first-order chi connectivity index (χ1) is 7.81. The highest BCUT2D eigenvalue weighted by Crippen LogP contribution is 2.28. The van der Waals surface area contributed by atoms with Crippen LogP contribution in [0, 0.1) is 5.82 Å². The highest BCUT2D eigenvalue weighted by atomic mass is 19.1. The minimum Gasteiger partial charge on any atom is -0.380 e. The molecule has 0 spiro atoms. The first-order valence-corrected chi connectivity index (χ1v) is 5.79. The van der Waals surface area contributed by atoms with Crippen molar-refractivity contribution in [3.63, 3.8) is 0 Å². The van der Waals surface area contributed by atoms with Crippen LogP contribution in [0.2, 0.25) is 0 Å². The average molecular weight is 223 g/mol. The van der Waals surface area contributed by atoms with Crippen LogP contribution >= 0.6 is 0 Å². The molecule has 1 fully saturated rings. The molecule has 0 aliphatic carbocycles. The molecule has 0 atom stereocenters. The molecule has 1 saturated heterocycles. The monoisotopic (exact) mass is 223 g/mol. The topological polar surface area (TPSA) is 21.3 Å². The lowest BCUT2D eigenvalue weighted by Gasteiger charge is -2.25. The zero-order valence-corrected chi connectivity index (χ0v) is 9.63. The van der Waals surface area contributed by atoms with Crippen LogP contribution in [0.5, 0.6) is 0 Å². The Balaban J connectivity index is 2.23. The largest absolute Gasteiger partial charge is 0.380 e. The van der Waals surface area contributed by atoms with Crippen LogP contribution < -0.4 is 5.32 Å². The van der Waals surface area contributed by atoms with Gasteiger partial charge in [0.2, 0.25) is 0 Å². The van der Waals surface area contributed by atoms with Gasteiger partial charge in [-0.1, -0.05) is 6.07 Å². The summed E-state index contributed by atoms with van der Waals surface area (Å²) in [5.74, 6) is 0.372. The molecule has 1 N–H and O–H groups in total. The number of halogens is 1. The fourth-order valence-electron chi connectivity index (χ4n) is 2.39. The van der Waals surface area contributed by atoms with Gasteiger partial charge in [-0.2, -0.15) is 0 Å². The Morgan fingerprint density at radius 2 is 2.12 bits per heavy atom. The third kappa shape index (κ3) is 2.60. The minimum absolute atomic E-state index is 0.176. The van der Waals surface area contributed by atoms with Gasteiger partial charge in [0.05, 0.1) is 6.61 Å². The Labute approximate surface area is 95.8 Å². The van der Waals surface area contributed by atoms with Crippen LogP contribution in [-0.4, -0.2) is 20.2 Å². The van der Waals surface area contributed by atoms with Crippen molar-refractivity contribution in [3.05, 3.63) is 35.1 Å². The van der Waals surface area contributed by atoms with Gasteiger partial charge in [-0.05, 0) is 55.1 Å². The number of rotatable bonds is 3. The molecule has 0 unspecified atom stereocenters. The van der Waals surface area contributed by atoms with E-state index in [1.165, 1.54) is 5.56 Å². The molecule has 1 aromatic carbocycles. The SMILES string of the molecule is COCc1cc(F)ccc1C1CCNCC1. The molecular formula is C13H18FNO. The summed E-state index contributed by atoms with van der Waals surface area (Å²) < 4.78 is 18.3. The smallest absolute Gasteiger partial charge is 0.123 e. The molecule has 1 aliphatic heterocycles. The highest BCUT2D eigenvalue weighted by Gasteiger charge is 2.18. The highest BCUT2D eigenvalue weighted by molar-refractivity contribution is 5.31. The normalized spacial score (nSPS) is 17.6. The summed E-state index contributed by atoms with van der Waals surface area (Å²) in [6.45, 7) is 2.60. The Hall–Kier alpha value is -0.930. The lowest BCUT2D eigenvalue weighted by Crippen LogP contribution is -2.27. The Kier molecular flexibility index (Phi) is 3.91. The van der Waals surface area contributed by atoms with Crippen molar-refractivity contribution >= 4 is 0 Å². The van der Waals surface area contributed by atoms with E-state index in [9.17, 15) is 4.39 Å². The van der Waals surface area contributed by atoms with E-state index in [4.69, 9.17) is 4.74 Å². The third-order valence-corrected chi connectivity index (χ3v) is 3.18. The van der Waals surface area contributed by atoms with Crippen molar-refractivity contribution in [2.24, 2.45) is 0 Å². The van der Waals surface area contributed by atoms with E-state index in [-0.39, 0.29) is 5.82 Å². The van der Waals surface area contributed by atoms with Gasteiger partial charge < -0.3 is 10.1 Å². The summed E-state index contributed by atoms with van der Waals surface area (Å²) in [6, 6.07) is 5.07. The van der Waals surface area contributed by atoms with Crippen LogP contribution in [0.25, 0.3) is 0 Å². The Bertz CT molecular complexity index is 348. The van der Waals surface area contributed by atoms with Crippen molar-refractivity contribution in [1.29, 1.82) is 0 Å². The lowest BCUT2D eigenvalue weighted by molar-refractivity contribution is 0.183. The van der Waals surface area contributed by atoms with Gasteiger partial charge in [-0.25, -0.2) is 4.39 Å². The fraction of sp³-hybridized carbons (Fsp3) is 0.538. The Morgan fingerprint density at radius 1 is 1.38 bits per heavy atom. The summed E-state index contributed by atoms with van der Waals surface area (Å²) in [6.07, 6.45) is 2.25. The molecule has 1 heterocycles. The van der Waals surface area contributed by atoms with Crippen LogP contribution in [0.15, 0.2) is 18.2 Å². The van der Waals surface area contributed by atoms with E-state index in [1.54, 1.807) is 19.2 Å². The summed E-state index contributed by atoms with van der Waals surface area (Å²) in [4.78, 5) is 0. The first kappa shape index (κ1) is 11.6. The minimum atomic E-state index is -0.176. The van der Waals surface area contributed by atoms with Crippen molar-refractivity contribution in [2.75, 3.05) is 20.2 Å². The molecule has 2 nitrogen and oxygen atoms in total. The van der Waals surface area contributed by atoms with Gasteiger partial charge >= 0.3 is 0 Å². The zero-order chi connectivity index (χ0) is 11.4. The van der Waals surface area contributed by atoms with Gasteiger partial charge in [0, 0.05) is 7.11 Å². The molecule has 2 rings (SSSR count). The second-order valence-electron chi connectivity index (χ2n) is 4.30. The predicted octanol–water partition coefficient (Wildman–Crippen LogP) is 2.44. The molecule has 0 amide bonds. The second-order valence-corrected chi connectivity index (χ2v) is 4.30. The number of methoxy groups -OCH3 is 1. The van der Waals surface area contributed by atoms with Crippen molar-refractivity contribution in [1.82, 2.24) is 5.32 Å². The number of benzene rings is 1. The maximum atomic E-state index is 13.2. The maximum Gasteiger partial charge on any atom is 0.123 e. The quantitative estimate of drug-likeness (QED) is 0.849. The Morgan fingerprint density at radius 3 is 2.81 bits per heavy atom. The molecular weight excluding hydrogens is 205 g/mol. The number of hydrogen-bond acceptors (Lipinski definition) is 2. The van der Waals surface area contributed by atoms with E-state index in [2.05, 4.69) is 5.32 Å². The van der Waals surface area contributed by atoms with Crippen molar-refractivity contribution in [2.45, 2.75) is 25.4 Å². The van der Waals surface area contributed by atoms with Crippen molar-refractivity contribution in [3.8, 4) is 0 Å². The maximum absolute atomic E-state index is 13.2. The molecule has 16 heavy (non-hydrogen) atoms. The third-order valence-electron chi connectivity index (χ3n) is 3.18. The lowest BCUT2D eigenvalue weighted by atomic mass is 9.87. The molecule has 3 heteroatoms. The van der Waals surface area contributed by atoms with E-state index in [0.717, 1.165) is 31.5 Å². The molecule has 0 saturated carbocycles. The molecule has 0 bridgehead atoms. The molecule has 1 aromatic rings. The fourth-order valence-corrected chi connectivity index (χ4v) is 2.39. The zero-order valence-electron chi connectivity index (χ0n) is 9.63. The number of nitrogens with one attached hydrogen (secondary N) is 1. The molecule has 88 valence electrons. The van der Waals surface area contributed by atoms with Gasteiger partial charge in [-0.3, -0.25) is 0 Å². The van der Waals surface area contributed by atoms with Crippen LogP contribution in [-0.2, 0) is 11.3 Å². The summed E-state index contributed by atoms with van der Waals surface area (Å²) in [5, 5.41) is 3.34. The molecule has 0 radical (unpaired) electrons. The van der Waals surface area contributed by atoms with Gasteiger partial charge in [-0.15, -0.1) is 0 Å². The number of ether oxygens (including phenoxy) is 1. The number of hydrogen-bond donors (Lipinski definition) is 1. The molecule has 1 aliphatic rings. The summed E-state index contributed by atoms with van der Waals surface area (Å²) >= 11 is 0. The van der Waals surface area contributed by atoms with E-state index in [0.29, 0.717) is 12.5 Å². The average Bonchev–Trinajstić information content (AvgIpc) is 2.31. The van der Waals surface area contributed by atoms with Crippen LogP contribution in [0.3, 0.4) is 0 Å². The van der Waals surface area contributed by atoms with Crippen molar-refractivity contribution < 1.29 is 9.13 Å².